The van der Waals surface area contributed by atoms with E-state index >= 15 is 0 Å². The maximum atomic E-state index is 12.8. The fourth-order valence-corrected chi connectivity index (χ4v) is 4.43. The van der Waals surface area contributed by atoms with Crippen LogP contribution in [0.5, 0.6) is 0 Å². The third-order valence-electron chi connectivity index (χ3n) is 5.91. The van der Waals surface area contributed by atoms with Crippen molar-refractivity contribution in [3.05, 3.63) is 69.6 Å². The van der Waals surface area contributed by atoms with Gasteiger partial charge in [0.2, 0.25) is 0 Å². The van der Waals surface area contributed by atoms with E-state index in [-0.39, 0.29) is 17.4 Å². The SMILES string of the molecule is Cc1nc2cccc3n(CCCCCCN4C(=O)c5ccccc5C4=O)c(=O)c1n23. The summed E-state index contributed by atoms with van der Waals surface area (Å²) in [6.07, 6.45) is 3.45. The molecule has 1 aliphatic rings. The summed E-state index contributed by atoms with van der Waals surface area (Å²) < 4.78 is 3.75. The molecule has 0 saturated heterocycles. The van der Waals surface area contributed by atoms with Crippen LogP contribution in [-0.2, 0) is 6.54 Å². The summed E-state index contributed by atoms with van der Waals surface area (Å²) in [6.45, 7) is 2.95. The smallest absolute Gasteiger partial charge is 0.278 e. The van der Waals surface area contributed by atoms with Crippen LogP contribution in [0, 0.1) is 6.92 Å². The molecule has 0 saturated carbocycles. The number of amides is 2. The summed E-state index contributed by atoms with van der Waals surface area (Å²) >= 11 is 0. The van der Waals surface area contributed by atoms with Crippen LogP contribution in [0.1, 0.15) is 52.1 Å². The first kappa shape index (κ1) is 18.5. The molecule has 1 aliphatic heterocycles. The van der Waals surface area contributed by atoms with Crippen molar-refractivity contribution < 1.29 is 9.59 Å². The van der Waals surface area contributed by atoms with Crippen molar-refractivity contribution in [2.45, 2.75) is 39.2 Å². The average molecular weight is 402 g/mol. The Balaban J connectivity index is 1.17. The minimum absolute atomic E-state index is 0.00669. The second kappa shape index (κ2) is 7.09. The van der Waals surface area contributed by atoms with E-state index in [9.17, 15) is 14.4 Å². The molecule has 152 valence electrons. The quantitative estimate of drug-likeness (QED) is 0.351. The molecule has 0 unspecified atom stereocenters. The highest BCUT2D eigenvalue weighted by Gasteiger charge is 2.34. The molecule has 5 rings (SSSR count). The Labute approximate surface area is 172 Å². The van der Waals surface area contributed by atoms with Crippen LogP contribution in [0.15, 0.2) is 47.3 Å². The molecule has 0 fully saturated rings. The summed E-state index contributed by atoms with van der Waals surface area (Å²) in [5.41, 5.74) is 4.10. The summed E-state index contributed by atoms with van der Waals surface area (Å²) in [7, 11) is 0. The molecule has 7 nitrogen and oxygen atoms in total. The summed E-state index contributed by atoms with van der Waals surface area (Å²) in [4.78, 5) is 43.4. The molecule has 30 heavy (non-hydrogen) atoms. The number of aromatic nitrogens is 3. The van der Waals surface area contributed by atoms with Crippen LogP contribution in [-0.4, -0.2) is 37.2 Å². The molecule has 0 aliphatic carbocycles. The molecule has 4 aromatic rings. The lowest BCUT2D eigenvalue weighted by atomic mass is 10.1. The van der Waals surface area contributed by atoms with E-state index in [0.717, 1.165) is 42.7 Å². The van der Waals surface area contributed by atoms with E-state index in [1.54, 1.807) is 24.3 Å². The van der Waals surface area contributed by atoms with E-state index in [1.165, 1.54) is 4.90 Å². The third kappa shape index (κ3) is 2.73. The lowest BCUT2D eigenvalue weighted by Crippen LogP contribution is -2.30. The van der Waals surface area contributed by atoms with E-state index in [1.807, 2.05) is 34.1 Å². The van der Waals surface area contributed by atoms with Crippen molar-refractivity contribution >= 4 is 28.6 Å². The zero-order chi connectivity index (χ0) is 20.8. The largest absolute Gasteiger partial charge is 0.292 e. The van der Waals surface area contributed by atoms with Crippen LogP contribution in [0.2, 0.25) is 0 Å². The molecule has 3 aromatic heterocycles. The summed E-state index contributed by atoms with van der Waals surface area (Å²) in [5, 5.41) is 0. The number of aryl methyl sites for hydroxylation is 2. The molecule has 0 radical (unpaired) electrons. The van der Waals surface area contributed by atoms with Gasteiger partial charge >= 0.3 is 0 Å². The van der Waals surface area contributed by atoms with Gasteiger partial charge in [-0.2, -0.15) is 0 Å². The van der Waals surface area contributed by atoms with Gasteiger partial charge in [-0.1, -0.05) is 31.0 Å². The zero-order valence-electron chi connectivity index (χ0n) is 16.8. The first-order chi connectivity index (χ1) is 14.6. The molecule has 0 N–H and O–H groups in total. The first-order valence-corrected chi connectivity index (χ1v) is 10.3. The highest BCUT2D eigenvalue weighted by atomic mass is 16.2. The number of carbonyl (C=O) groups is 2. The average Bonchev–Trinajstić information content (AvgIpc) is 3.33. The van der Waals surface area contributed by atoms with Crippen molar-refractivity contribution in [1.82, 2.24) is 18.9 Å². The maximum Gasteiger partial charge on any atom is 0.278 e. The summed E-state index contributed by atoms with van der Waals surface area (Å²) in [6, 6.07) is 12.8. The monoisotopic (exact) mass is 402 g/mol. The molecule has 0 spiro atoms. The minimum Gasteiger partial charge on any atom is -0.292 e. The number of nitrogens with zero attached hydrogens (tertiary/aromatic N) is 4. The van der Waals surface area contributed by atoms with Crippen LogP contribution in [0.25, 0.3) is 16.8 Å². The van der Waals surface area contributed by atoms with Crippen molar-refractivity contribution in [3.63, 3.8) is 0 Å². The van der Waals surface area contributed by atoms with Gasteiger partial charge in [-0.05, 0) is 44.0 Å². The number of hydrogen-bond acceptors (Lipinski definition) is 4. The molecular weight excluding hydrogens is 380 g/mol. The predicted octanol–water partition coefficient (Wildman–Crippen LogP) is 3.25. The fraction of sp³-hybridized carbons (Fsp3) is 0.304. The van der Waals surface area contributed by atoms with Gasteiger partial charge in [-0.25, -0.2) is 4.98 Å². The van der Waals surface area contributed by atoms with E-state index < -0.39 is 0 Å². The van der Waals surface area contributed by atoms with Crippen LogP contribution >= 0.6 is 0 Å². The molecular formula is C23H22N4O3. The fourth-order valence-electron chi connectivity index (χ4n) is 4.43. The second-order valence-electron chi connectivity index (χ2n) is 7.80. The molecule has 0 bridgehead atoms. The molecule has 1 aromatic carbocycles. The first-order valence-electron chi connectivity index (χ1n) is 10.3. The standard InChI is InChI=1S/C23H22N4O3/c1-15-20-23(30)25(19-12-8-11-18(24-15)27(19)20)13-6-2-3-7-14-26-21(28)16-9-4-5-10-17(16)22(26)29/h4-5,8-12H,2-3,6-7,13-14H2,1H3. The lowest BCUT2D eigenvalue weighted by molar-refractivity contribution is 0.0651. The number of benzene rings is 1. The Morgan fingerprint density at radius 2 is 1.47 bits per heavy atom. The number of imide groups is 1. The molecule has 4 heterocycles. The van der Waals surface area contributed by atoms with Gasteiger partial charge in [0.1, 0.15) is 16.8 Å². The Bertz CT molecular complexity index is 1300. The molecule has 2 amide bonds. The van der Waals surface area contributed by atoms with Crippen LogP contribution in [0.4, 0.5) is 0 Å². The van der Waals surface area contributed by atoms with Crippen LogP contribution < -0.4 is 5.56 Å². The number of imidazole rings is 2. The Kier molecular flexibility index (Phi) is 4.38. The Morgan fingerprint density at radius 1 is 0.800 bits per heavy atom. The number of pyridine rings is 1. The zero-order valence-corrected chi connectivity index (χ0v) is 16.8. The Hall–Kier alpha value is -3.48. The van der Waals surface area contributed by atoms with Gasteiger partial charge in [0, 0.05) is 13.1 Å². The van der Waals surface area contributed by atoms with Gasteiger partial charge in [-0.3, -0.25) is 28.3 Å². The second-order valence-corrected chi connectivity index (χ2v) is 7.80. The van der Waals surface area contributed by atoms with Gasteiger partial charge < -0.3 is 0 Å². The van der Waals surface area contributed by atoms with E-state index in [2.05, 4.69) is 4.98 Å². The lowest BCUT2D eigenvalue weighted by Gasteiger charge is -2.13. The number of unbranched alkanes of at least 4 members (excludes halogenated alkanes) is 3. The van der Waals surface area contributed by atoms with Crippen molar-refractivity contribution in [1.29, 1.82) is 0 Å². The predicted molar refractivity (Wildman–Crippen MR) is 113 cm³/mol. The van der Waals surface area contributed by atoms with E-state index in [0.29, 0.717) is 29.7 Å². The number of carbonyl (C=O) groups excluding carboxylic acids is 2. The third-order valence-corrected chi connectivity index (χ3v) is 5.91. The minimum atomic E-state index is -0.197. The topological polar surface area (TPSA) is 76.7 Å². The van der Waals surface area contributed by atoms with Gasteiger partial charge in [0.15, 0.2) is 0 Å². The number of rotatable bonds is 7. The summed E-state index contributed by atoms with van der Waals surface area (Å²) in [5.74, 6) is -0.394. The van der Waals surface area contributed by atoms with Crippen molar-refractivity contribution in [2.75, 3.05) is 6.54 Å². The number of hydrogen-bond donors (Lipinski definition) is 0. The Morgan fingerprint density at radius 3 is 2.17 bits per heavy atom. The highest BCUT2D eigenvalue weighted by molar-refractivity contribution is 6.21. The van der Waals surface area contributed by atoms with E-state index in [4.69, 9.17) is 0 Å². The molecule has 7 heteroatoms. The van der Waals surface area contributed by atoms with Crippen molar-refractivity contribution in [3.8, 4) is 0 Å². The van der Waals surface area contributed by atoms with Crippen LogP contribution in [0.3, 0.4) is 0 Å². The normalized spacial score (nSPS) is 13.8. The van der Waals surface area contributed by atoms with Gasteiger partial charge in [-0.15, -0.1) is 0 Å². The highest BCUT2D eigenvalue weighted by Crippen LogP contribution is 2.23. The van der Waals surface area contributed by atoms with Gasteiger partial charge in [0.05, 0.1) is 16.8 Å². The maximum absolute atomic E-state index is 12.8. The molecule has 0 atom stereocenters. The number of fused-ring (bicyclic) bond motifs is 1. The van der Waals surface area contributed by atoms with Crippen molar-refractivity contribution in [2.24, 2.45) is 0 Å². The van der Waals surface area contributed by atoms with Gasteiger partial charge in [0.25, 0.3) is 17.4 Å².